The monoisotopic (exact) mass is 525 g/mol. The lowest BCUT2D eigenvalue weighted by molar-refractivity contribution is -0.126. The van der Waals surface area contributed by atoms with E-state index in [1.165, 1.54) is 17.5 Å². The number of benzene rings is 2. The van der Waals surface area contributed by atoms with E-state index in [0.29, 0.717) is 22.1 Å². The van der Waals surface area contributed by atoms with E-state index in [1.807, 2.05) is 25.2 Å². The van der Waals surface area contributed by atoms with Crippen LogP contribution in [0.1, 0.15) is 35.3 Å². The number of fused-ring (bicyclic) bond motifs is 1. The Hall–Kier alpha value is -3.17. The summed E-state index contributed by atoms with van der Waals surface area (Å²) in [5.41, 5.74) is 3.57. The van der Waals surface area contributed by atoms with Gasteiger partial charge in [-0.05, 0) is 48.6 Å². The molecule has 4 aromatic rings. The minimum atomic E-state index is -4.23. The van der Waals surface area contributed by atoms with E-state index in [4.69, 9.17) is 0 Å². The van der Waals surface area contributed by atoms with Gasteiger partial charge < -0.3 is 15.5 Å². The summed E-state index contributed by atoms with van der Waals surface area (Å²) in [4.78, 5) is 11.6. The zero-order valence-electron chi connectivity index (χ0n) is 20.6. The largest absolute Gasteiger partial charge is 0.393 e. The first-order valence-electron chi connectivity index (χ1n) is 12.5. The molecule has 2 atom stereocenters. The van der Waals surface area contributed by atoms with Gasteiger partial charge in [0.25, 0.3) is 0 Å². The number of hydrogen-bond donors (Lipinski definition) is 2. The van der Waals surface area contributed by atoms with Gasteiger partial charge in [0.05, 0.1) is 11.8 Å². The molecule has 0 aliphatic heterocycles. The van der Waals surface area contributed by atoms with E-state index < -0.39 is 12.6 Å². The van der Waals surface area contributed by atoms with Gasteiger partial charge in [0.2, 0.25) is 0 Å². The quantitative estimate of drug-likeness (QED) is 0.259. The molecule has 1 fully saturated rings. The van der Waals surface area contributed by atoms with Gasteiger partial charge in [0.1, 0.15) is 17.0 Å². The molecule has 0 spiro atoms. The third kappa shape index (κ3) is 6.59. The molecular weight excluding hydrogens is 495 g/mol. The summed E-state index contributed by atoms with van der Waals surface area (Å²) in [6, 6.07) is 21.1. The van der Waals surface area contributed by atoms with Crippen molar-refractivity contribution in [2.24, 2.45) is 0 Å². The normalized spacial score (nSPS) is 17.8. The Labute approximate surface area is 218 Å². The molecule has 9 heteroatoms. The lowest BCUT2D eigenvalue weighted by Gasteiger charge is -2.26. The molecule has 37 heavy (non-hydrogen) atoms. The van der Waals surface area contributed by atoms with Gasteiger partial charge in [-0.25, -0.2) is 9.97 Å². The first-order valence-corrected chi connectivity index (χ1v) is 13.3. The summed E-state index contributed by atoms with van der Waals surface area (Å²) in [6.07, 6.45) is -0.714. The van der Waals surface area contributed by atoms with Gasteiger partial charge in [0, 0.05) is 42.8 Å². The standard InChI is InChI=1S/C28H30F3N5S/c1-36(26-25-14-24(15-28(29,30)31)37-27(25)35-18-34-26)23-12-11-22(13-23)33-17-20-7-9-21(10-8-20)32-16-19-5-3-2-4-6-19/h2-10,14,18,22-23,32-33H,11-13,15-17H2,1H3/t22-,23+/m0/s1. The number of alkyl halides is 3. The first-order chi connectivity index (χ1) is 17.8. The fraction of sp³-hybridized carbons (Fsp3) is 0.357. The van der Waals surface area contributed by atoms with Crippen molar-refractivity contribution in [3.8, 4) is 0 Å². The van der Waals surface area contributed by atoms with Crippen molar-refractivity contribution < 1.29 is 13.2 Å². The average Bonchev–Trinajstić information content (AvgIpc) is 3.52. The molecule has 0 unspecified atom stereocenters. The summed E-state index contributed by atoms with van der Waals surface area (Å²) >= 11 is 1.09. The number of nitrogens with one attached hydrogen (secondary N) is 2. The van der Waals surface area contributed by atoms with Crippen molar-refractivity contribution in [3.63, 3.8) is 0 Å². The SMILES string of the molecule is CN(c1ncnc2sc(CC(F)(F)F)cc12)[C@@H]1CC[C@H](NCc2ccc(NCc3ccccc3)cc2)C1. The second-order valence-corrected chi connectivity index (χ2v) is 10.7. The second-order valence-electron chi connectivity index (χ2n) is 9.61. The Morgan fingerprint density at radius 1 is 0.973 bits per heavy atom. The summed E-state index contributed by atoms with van der Waals surface area (Å²) in [6.45, 7) is 1.59. The summed E-state index contributed by atoms with van der Waals surface area (Å²) in [7, 11) is 1.98. The van der Waals surface area contributed by atoms with Crippen molar-refractivity contribution in [3.05, 3.63) is 83.0 Å². The van der Waals surface area contributed by atoms with Crippen LogP contribution in [0, 0.1) is 0 Å². The number of anilines is 2. The van der Waals surface area contributed by atoms with Crippen LogP contribution in [-0.4, -0.2) is 35.3 Å². The van der Waals surface area contributed by atoms with Crippen LogP contribution < -0.4 is 15.5 Å². The van der Waals surface area contributed by atoms with Crippen molar-refractivity contribution in [2.75, 3.05) is 17.3 Å². The topological polar surface area (TPSA) is 53.1 Å². The first kappa shape index (κ1) is 25.5. The molecule has 0 saturated heterocycles. The van der Waals surface area contributed by atoms with E-state index in [1.54, 1.807) is 6.07 Å². The smallest absolute Gasteiger partial charge is 0.381 e. The van der Waals surface area contributed by atoms with Gasteiger partial charge in [0.15, 0.2) is 0 Å². The maximum Gasteiger partial charge on any atom is 0.393 e. The Kier molecular flexibility index (Phi) is 7.62. The van der Waals surface area contributed by atoms with Crippen LogP contribution in [0.2, 0.25) is 0 Å². The highest BCUT2D eigenvalue weighted by Gasteiger charge is 2.31. The Morgan fingerprint density at radius 2 is 1.73 bits per heavy atom. The van der Waals surface area contributed by atoms with Crippen molar-refractivity contribution >= 4 is 33.1 Å². The van der Waals surface area contributed by atoms with Crippen LogP contribution in [0.15, 0.2) is 67.0 Å². The summed E-state index contributed by atoms with van der Waals surface area (Å²) in [5, 5.41) is 7.83. The molecule has 1 aliphatic carbocycles. The van der Waals surface area contributed by atoms with E-state index in [2.05, 4.69) is 61.9 Å². The number of aromatic nitrogens is 2. The Bertz CT molecular complexity index is 1310. The molecule has 2 aromatic heterocycles. The van der Waals surface area contributed by atoms with E-state index in [0.717, 1.165) is 49.4 Å². The zero-order valence-corrected chi connectivity index (χ0v) is 21.4. The van der Waals surface area contributed by atoms with Crippen LogP contribution in [0.3, 0.4) is 0 Å². The number of rotatable bonds is 9. The fourth-order valence-electron chi connectivity index (χ4n) is 4.93. The molecule has 5 nitrogen and oxygen atoms in total. The predicted octanol–water partition coefficient (Wildman–Crippen LogP) is 6.56. The molecule has 2 aromatic carbocycles. The van der Waals surface area contributed by atoms with Crippen molar-refractivity contribution in [2.45, 2.75) is 57.0 Å². The summed E-state index contributed by atoms with van der Waals surface area (Å²) in [5.74, 6) is 0.707. The second kappa shape index (κ2) is 11.1. The predicted molar refractivity (Wildman–Crippen MR) is 144 cm³/mol. The minimum absolute atomic E-state index is 0.268. The third-order valence-corrected chi connectivity index (χ3v) is 7.95. The molecule has 0 amide bonds. The maximum absolute atomic E-state index is 12.9. The van der Waals surface area contributed by atoms with Gasteiger partial charge in [-0.2, -0.15) is 13.2 Å². The molecule has 1 aliphatic rings. The molecule has 1 saturated carbocycles. The molecule has 2 N–H and O–H groups in total. The maximum atomic E-state index is 12.9. The van der Waals surface area contributed by atoms with Crippen molar-refractivity contribution in [1.29, 1.82) is 0 Å². The van der Waals surface area contributed by atoms with Gasteiger partial charge in [-0.3, -0.25) is 0 Å². The van der Waals surface area contributed by atoms with Crippen LogP contribution in [0.25, 0.3) is 10.2 Å². The lowest BCUT2D eigenvalue weighted by atomic mass is 10.1. The molecular formula is C28H30F3N5S. The lowest BCUT2D eigenvalue weighted by Crippen LogP contribution is -2.33. The molecule has 0 radical (unpaired) electrons. The van der Waals surface area contributed by atoms with Crippen LogP contribution >= 0.6 is 11.3 Å². The highest BCUT2D eigenvalue weighted by atomic mass is 32.1. The van der Waals surface area contributed by atoms with E-state index in [9.17, 15) is 13.2 Å². The van der Waals surface area contributed by atoms with E-state index in [-0.39, 0.29) is 10.9 Å². The number of thiophene rings is 1. The van der Waals surface area contributed by atoms with E-state index >= 15 is 0 Å². The number of nitrogens with zero attached hydrogens (tertiary/aromatic N) is 3. The number of hydrogen-bond acceptors (Lipinski definition) is 6. The van der Waals surface area contributed by atoms with Gasteiger partial charge in [-0.15, -0.1) is 11.3 Å². The molecule has 2 heterocycles. The molecule has 194 valence electrons. The molecule has 0 bridgehead atoms. The van der Waals surface area contributed by atoms with Crippen LogP contribution in [-0.2, 0) is 19.5 Å². The molecule has 5 rings (SSSR count). The Morgan fingerprint density at radius 3 is 2.49 bits per heavy atom. The van der Waals surface area contributed by atoms with Gasteiger partial charge >= 0.3 is 6.18 Å². The van der Waals surface area contributed by atoms with Crippen LogP contribution in [0.5, 0.6) is 0 Å². The average molecular weight is 526 g/mol. The van der Waals surface area contributed by atoms with Crippen molar-refractivity contribution in [1.82, 2.24) is 15.3 Å². The zero-order chi connectivity index (χ0) is 25.8. The highest BCUT2D eigenvalue weighted by molar-refractivity contribution is 7.18. The Balaban J connectivity index is 1.14. The number of halogens is 3. The minimum Gasteiger partial charge on any atom is -0.381 e. The van der Waals surface area contributed by atoms with Gasteiger partial charge in [-0.1, -0.05) is 42.5 Å². The summed E-state index contributed by atoms with van der Waals surface area (Å²) < 4.78 is 38.6. The third-order valence-electron chi connectivity index (χ3n) is 6.91. The fourth-order valence-corrected chi connectivity index (χ4v) is 5.95. The highest BCUT2D eigenvalue weighted by Crippen LogP contribution is 2.35. The van der Waals surface area contributed by atoms with Crippen LogP contribution in [0.4, 0.5) is 24.7 Å².